The van der Waals surface area contributed by atoms with E-state index in [0.717, 1.165) is 29.3 Å². The predicted octanol–water partition coefficient (Wildman–Crippen LogP) is 3.68. The third-order valence-corrected chi connectivity index (χ3v) is 4.30. The van der Waals surface area contributed by atoms with E-state index in [-0.39, 0.29) is 11.8 Å². The van der Waals surface area contributed by atoms with Crippen LogP contribution in [-0.4, -0.2) is 11.1 Å². The van der Waals surface area contributed by atoms with Gasteiger partial charge in [0, 0.05) is 4.47 Å². The van der Waals surface area contributed by atoms with Crippen molar-refractivity contribution in [3.63, 3.8) is 0 Å². The van der Waals surface area contributed by atoms with E-state index in [4.69, 9.17) is 10.4 Å². The number of carbonyl (C=O) groups is 1. The molecule has 0 aliphatic heterocycles. The number of nitriles is 1. The Morgan fingerprint density at radius 2 is 2.22 bits per heavy atom. The molecule has 1 saturated carbocycles. The van der Waals surface area contributed by atoms with E-state index < -0.39 is 5.97 Å². The summed E-state index contributed by atoms with van der Waals surface area (Å²) in [4.78, 5) is 11.0. The molecule has 3 nitrogen and oxygen atoms in total. The fourth-order valence-corrected chi connectivity index (χ4v) is 2.93. The zero-order valence-electron chi connectivity index (χ0n) is 9.90. The maximum Gasteiger partial charge on any atom is 0.306 e. The molecule has 94 valence electrons. The minimum atomic E-state index is -0.697. The van der Waals surface area contributed by atoms with Gasteiger partial charge in [0.1, 0.15) is 6.07 Å². The normalized spacial score (nSPS) is 23.3. The zero-order chi connectivity index (χ0) is 13.1. The second-order valence-corrected chi connectivity index (χ2v) is 5.60. The lowest BCUT2D eigenvalue weighted by atomic mass is 9.78. The van der Waals surface area contributed by atoms with Gasteiger partial charge in [0.15, 0.2) is 0 Å². The van der Waals surface area contributed by atoms with Crippen LogP contribution < -0.4 is 0 Å². The van der Waals surface area contributed by atoms with Crippen molar-refractivity contribution in [2.24, 2.45) is 5.92 Å². The minimum Gasteiger partial charge on any atom is -0.481 e. The summed E-state index contributed by atoms with van der Waals surface area (Å²) in [6.45, 7) is 0. The SMILES string of the molecule is N#Cc1cc(C2CCCC(C(=O)O)C2)ccc1Br. The standard InChI is InChI=1S/C14H14BrNO2/c15-13-5-4-10(7-12(13)8-16)9-2-1-3-11(6-9)14(17)18/h4-5,7,9,11H,1-3,6H2,(H,17,18). The Labute approximate surface area is 115 Å². The van der Waals surface area contributed by atoms with Gasteiger partial charge in [-0.3, -0.25) is 4.79 Å². The van der Waals surface area contributed by atoms with E-state index in [1.807, 2.05) is 18.2 Å². The highest BCUT2D eigenvalue weighted by atomic mass is 79.9. The van der Waals surface area contributed by atoms with Gasteiger partial charge < -0.3 is 5.11 Å². The van der Waals surface area contributed by atoms with Crippen LogP contribution in [0.1, 0.15) is 42.7 Å². The Morgan fingerprint density at radius 3 is 2.89 bits per heavy atom. The molecule has 1 fully saturated rings. The highest BCUT2D eigenvalue weighted by Gasteiger charge is 2.27. The summed E-state index contributed by atoms with van der Waals surface area (Å²) in [6, 6.07) is 7.88. The van der Waals surface area contributed by atoms with Crippen LogP contribution in [0.25, 0.3) is 0 Å². The van der Waals surface area contributed by atoms with Crippen molar-refractivity contribution in [2.45, 2.75) is 31.6 Å². The van der Waals surface area contributed by atoms with Gasteiger partial charge in [-0.1, -0.05) is 12.5 Å². The van der Waals surface area contributed by atoms with E-state index in [0.29, 0.717) is 12.0 Å². The maximum atomic E-state index is 11.0. The monoisotopic (exact) mass is 307 g/mol. The molecule has 0 spiro atoms. The van der Waals surface area contributed by atoms with Gasteiger partial charge >= 0.3 is 5.97 Å². The highest BCUT2D eigenvalue weighted by Crippen LogP contribution is 2.37. The molecular weight excluding hydrogens is 294 g/mol. The molecule has 0 amide bonds. The van der Waals surface area contributed by atoms with Crippen molar-refractivity contribution >= 4 is 21.9 Å². The largest absolute Gasteiger partial charge is 0.481 e. The number of carboxylic acid groups (broad SMARTS) is 1. The van der Waals surface area contributed by atoms with E-state index in [1.54, 1.807) is 0 Å². The number of hydrogen-bond acceptors (Lipinski definition) is 2. The molecule has 1 aliphatic carbocycles. The quantitative estimate of drug-likeness (QED) is 0.906. The van der Waals surface area contributed by atoms with Crippen molar-refractivity contribution in [2.75, 3.05) is 0 Å². The summed E-state index contributed by atoms with van der Waals surface area (Å²) in [5, 5.41) is 18.1. The van der Waals surface area contributed by atoms with Crippen molar-refractivity contribution in [1.82, 2.24) is 0 Å². The smallest absolute Gasteiger partial charge is 0.306 e. The first-order valence-electron chi connectivity index (χ1n) is 6.04. The third kappa shape index (κ3) is 2.73. The number of carboxylic acids is 1. The summed E-state index contributed by atoms with van der Waals surface area (Å²) in [5.41, 5.74) is 1.70. The molecular formula is C14H14BrNO2. The van der Waals surface area contributed by atoms with Gasteiger partial charge in [0.25, 0.3) is 0 Å². The van der Waals surface area contributed by atoms with E-state index in [2.05, 4.69) is 22.0 Å². The van der Waals surface area contributed by atoms with Crippen LogP contribution in [0.5, 0.6) is 0 Å². The van der Waals surface area contributed by atoms with Crippen LogP contribution >= 0.6 is 15.9 Å². The first-order valence-corrected chi connectivity index (χ1v) is 6.83. The van der Waals surface area contributed by atoms with E-state index in [1.165, 1.54) is 0 Å². The van der Waals surface area contributed by atoms with Crippen LogP contribution in [0.3, 0.4) is 0 Å². The average molecular weight is 308 g/mol. The van der Waals surface area contributed by atoms with Gasteiger partial charge in [0.05, 0.1) is 11.5 Å². The molecule has 4 heteroatoms. The van der Waals surface area contributed by atoms with Crippen molar-refractivity contribution in [3.05, 3.63) is 33.8 Å². The molecule has 0 saturated heterocycles. The van der Waals surface area contributed by atoms with Crippen LogP contribution in [0.2, 0.25) is 0 Å². The number of aliphatic carboxylic acids is 1. The van der Waals surface area contributed by atoms with Crippen LogP contribution in [-0.2, 0) is 4.79 Å². The Bertz CT molecular complexity index is 507. The van der Waals surface area contributed by atoms with Gasteiger partial charge in [-0.25, -0.2) is 0 Å². The molecule has 1 aliphatic rings. The van der Waals surface area contributed by atoms with Crippen LogP contribution in [0.15, 0.2) is 22.7 Å². The Hall–Kier alpha value is -1.34. The minimum absolute atomic E-state index is 0.238. The van der Waals surface area contributed by atoms with Crippen LogP contribution in [0.4, 0.5) is 0 Å². The number of halogens is 1. The van der Waals surface area contributed by atoms with Crippen molar-refractivity contribution in [1.29, 1.82) is 5.26 Å². The number of nitrogens with zero attached hydrogens (tertiary/aromatic N) is 1. The fourth-order valence-electron chi connectivity index (χ4n) is 2.60. The second kappa shape index (κ2) is 5.53. The molecule has 18 heavy (non-hydrogen) atoms. The summed E-state index contributed by atoms with van der Waals surface area (Å²) < 4.78 is 0.791. The predicted molar refractivity (Wildman–Crippen MR) is 71.2 cm³/mol. The Kier molecular flexibility index (Phi) is 4.03. The molecule has 0 bridgehead atoms. The van der Waals surface area contributed by atoms with E-state index in [9.17, 15) is 4.79 Å². The zero-order valence-corrected chi connectivity index (χ0v) is 11.5. The second-order valence-electron chi connectivity index (χ2n) is 4.75. The third-order valence-electron chi connectivity index (χ3n) is 3.61. The first kappa shape index (κ1) is 13.1. The average Bonchev–Trinajstić information content (AvgIpc) is 2.39. The molecule has 1 aromatic rings. The van der Waals surface area contributed by atoms with E-state index >= 15 is 0 Å². The molecule has 2 unspecified atom stereocenters. The van der Waals surface area contributed by atoms with Gasteiger partial charge in [0.2, 0.25) is 0 Å². The maximum absolute atomic E-state index is 11.0. The molecule has 0 aromatic heterocycles. The number of hydrogen-bond donors (Lipinski definition) is 1. The topological polar surface area (TPSA) is 61.1 Å². The molecule has 0 radical (unpaired) electrons. The summed E-state index contributed by atoms with van der Waals surface area (Å²) in [5.74, 6) is -0.671. The van der Waals surface area contributed by atoms with Gasteiger partial charge in [-0.15, -0.1) is 0 Å². The molecule has 1 N–H and O–H groups in total. The van der Waals surface area contributed by atoms with Gasteiger partial charge in [-0.2, -0.15) is 5.26 Å². The lowest BCUT2D eigenvalue weighted by molar-refractivity contribution is -0.142. The number of benzene rings is 1. The Morgan fingerprint density at radius 1 is 1.44 bits per heavy atom. The molecule has 2 rings (SSSR count). The van der Waals surface area contributed by atoms with Crippen LogP contribution in [0, 0.1) is 17.2 Å². The Balaban J connectivity index is 2.21. The summed E-state index contributed by atoms with van der Waals surface area (Å²) in [6.07, 6.45) is 3.41. The van der Waals surface area contributed by atoms with Gasteiger partial charge in [-0.05, 0) is 58.8 Å². The first-order chi connectivity index (χ1) is 8.61. The highest BCUT2D eigenvalue weighted by molar-refractivity contribution is 9.10. The van der Waals surface area contributed by atoms with Crippen molar-refractivity contribution in [3.8, 4) is 6.07 Å². The lowest BCUT2D eigenvalue weighted by Gasteiger charge is -2.27. The molecule has 2 atom stereocenters. The summed E-state index contributed by atoms with van der Waals surface area (Å²) >= 11 is 3.33. The fraction of sp³-hybridized carbons (Fsp3) is 0.429. The molecule has 1 aromatic carbocycles. The molecule has 0 heterocycles. The summed E-state index contributed by atoms with van der Waals surface area (Å²) in [7, 11) is 0. The number of rotatable bonds is 2. The lowest BCUT2D eigenvalue weighted by Crippen LogP contribution is -2.21. The van der Waals surface area contributed by atoms with Crippen molar-refractivity contribution < 1.29 is 9.90 Å².